The number of allylic oxidation sites excluding steroid dienone is 1. The summed E-state index contributed by atoms with van der Waals surface area (Å²) in [5.74, 6) is -1.10. The predicted molar refractivity (Wildman–Crippen MR) is 139 cm³/mol. The van der Waals surface area contributed by atoms with Crippen molar-refractivity contribution in [3.8, 4) is 11.5 Å². The second kappa shape index (κ2) is 9.41. The molecule has 1 fully saturated rings. The summed E-state index contributed by atoms with van der Waals surface area (Å²) in [5, 5.41) is 2.80. The predicted octanol–water partition coefficient (Wildman–Crippen LogP) is 6.54. The minimum absolute atomic E-state index is 0.00279. The van der Waals surface area contributed by atoms with Crippen LogP contribution < -0.4 is 20.5 Å². The third-order valence-electron chi connectivity index (χ3n) is 5.48. The van der Waals surface area contributed by atoms with E-state index in [2.05, 4.69) is 16.6 Å². The molecule has 1 aliphatic rings. The van der Waals surface area contributed by atoms with Crippen LogP contribution in [0.1, 0.15) is 19.3 Å². The van der Waals surface area contributed by atoms with E-state index in [-0.39, 0.29) is 35.0 Å². The van der Waals surface area contributed by atoms with Gasteiger partial charge in [-0.1, -0.05) is 12.1 Å². The van der Waals surface area contributed by atoms with Crippen LogP contribution in [0.2, 0.25) is 0 Å². The van der Waals surface area contributed by atoms with Gasteiger partial charge in [0.25, 0.3) is 0 Å². The van der Waals surface area contributed by atoms with Crippen molar-refractivity contribution < 1.29 is 21.9 Å². The van der Waals surface area contributed by atoms with Gasteiger partial charge in [-0.15, -0.1) is 6.58 Å². The molecule has 0 radical (unpaired) electrons. The Hall–Kier alpha value is -2.86. The summed E-state index contributed by atoms with van der Waals surface area (Å²) in [4.78, 5) is 0. The summed E-state index contributed by atoms with van der Waals surface area (Å²) < 4.78 is 63.9. The number of sulfonamides is 1. The fraction of sp³-hybridized carbons (Fsp3) is 0.167. The average Bonchev–Trinajstić information content (AvgIpc) is 3.54. The molecule has 0 heterocycles. The summed E-state index contributed by atoms with van der Waals surface area (Å²) in [6, 6.07) is 13.0. The highest BCUT2D eigenvalue weighted by atomic mass is 127. The van der Waals surface area contributed by atoms with Gasteiger partial charge in [0, 0.05) is 21.4 Å². The third-order valence-corrected chi connectivity index (χ3v) is 8.34. The first-order chi connectivity index (χ1) is 16.1. The minimum Gasteiger partial charge on any atom is -0.455 e. The van der Waals surface area contributed by atoms with Crippen LogP contribution in [0.25, 0.3) is 0 Å². The first kappa shape index (κ1) is 24.3. The molecule has 0 atom stereocenters. The maximum absolute atomic E-state index is 14.6. The van der Waals surface area contributed by atoms with E-state index in [1.807, 2.05) is 22.6 Å². The molecule has 3 aromatic carbocycles. The Morgan fingerprint density at radius 1 is 1.12 bits per heavy atom. The van der Waals surface area contributed by atoms with E-state index in [1.165, 1.54) is 18.2 Å². The van der Waals surface area contributed by atoms with Crippen LogP contribution in [-0.2, 0) is 10.0 Å². The van der Waals surface area contributed by atoms with E-state index in [4.69, 9.17) is 10.5 Å². The van der Waals surface area contributed by atoms with Crippen LogP contribution in [0.5, 0.6) is 11.5 Å². The number of rotatable bonds is 9. The number of anilines is 4. The van der Waals surface area contributed by atoms with E-state index in [0.29, 0.717) is 22.1 Å². The Balaban J connectivity index is 1.81. The Bertz CT molecular complexity index is 1360. The molecule has 34 heavy (non-hydrogen) atoms. The molecule has 3 aromatic rings. The molecule has 0 unspecified atom stereocenters. The summed E-state index contributed by atoms with van der Waals surface area (Å²) in [7, 11) is -3.91. The van der Waals surface area contributed by atoms with Crippen molar-refractivity contribution in [2.45, 2.75) is 24.0 Å². The number of benzene rings is 3. The molecule has 0 saturated heterocycles. The Morgan fingerprint density at radius 3 is 2.53 bits per heavy atom. The number of halogens is 3. The normalized spacial score (nSPS) is 14.3. The van der Waals surface area contributed by atoms with Crippen LogP contribution in [0.3, 0.4) is 0 Å². The number of ether oxygens (including phenoxy) is 1. The van der Waals surface area contributed by atoms with Gasteiger partial charge in [-0.2, -0.15) is 0 Å². The highest BCUT2D eigenvalue weighted by Gasteiger charge is 2.54. The number of nitrogens with two attached hydrogens (primary N) is 1. The smallest absolute Gasteiger partial charge is 0.238 e. The lowest BCUT2D eigenvalue weighted by Crippen LogP contribution is -2.29. The second-order valence-electron chi connectivity index (χ2n) is 8.03. The summed E-state index contributed by atoms with van der Waals surface area (Å²) in [5.41, 5.74) is 6.23. The quantitative estimate of drug-likeness (QED) is 0.148. The SMILES string of the molecule is C=CCC1(S(=O)(=O)Nc2c(Nc3ccc(I)cc3F)cc(F)cc2Oc2cccc(N)c2)CC1. The van der Waals surface area contributed by atoms with Crippen molar-refractivity contribution in [1.82, 2.24) is 0 Å². The van der Waals surface area contributed by atoms with Gasteiger partial charge in [-0.3, -0.25) is 4.72 Å². The maximum atomic E-state index is 14.6. The monoisotopic (exact) mass is 597 g/mol. The Labute approximate surface area is 210 Å². The molecule has 0 amide bonds. The number of nitrogen functional groups attached to an aromatic ring is 1. The van der Waals surface area contributed by atoms with Gasteiger partial charge < -0.3 is 15.8 Å². The van der Waals surface area contributed by atoms with Crippen LogP contribution >= 0.6 is 22.6 Å². The minimum atomic E-state index is -3.91. The lowest BCUT2D eigenvalue weighted by atomic mass is 10.2. The van der Waals surface area contributed by atoms with E-state index >= 15 is 0 Å². The largest absolute Gasteiger partial charge is 0.455 e. The van der Waals surface area contributed by atoms with Gasteiger partial charge in [0.2, 0.25) is 10.0 Å². The van der Waals surface area contributed by atoms with Gasteiger partial charge in [0.1, 0.15) is 23.1 Å². The molecule has 1 aliphatic carbocycles. The van der Waals surface area contributed by atoms with Crippen LogP contribution in [0.4, 0.5) is 31.5 Å². The van der Waals surface area contributed by atoms with Gasteiger partial charge in [0.15, 0.2) is 5.75 Å². The van der Waals surface area contributed by atoms with Gasteiger partial charge in [-0.05, 0) is 78.3 Å². The topological polar surface area (TPSA) is 93.5 Å². The number of nitrogens with one attached hydrogen (secondary N) is 2. The third kappa shape index (κ3) is 5.12. The van der Waals surface area contributed by atoms with Crippen molar-refractivity contribution in [2.75, 3.05) is 15.8 Å². The molecule has 0 aliphatic heterocycles. The highest BCUT2D eigenvalue weighted by molar-refractivity contribution is 14.1. The average molecular weight is 597 g/mol. The molecule has 6 nitrogen and oxygen atoms in total. The molecule has 1 saturated carbocycles. The number of hydrogen-bond acceptors (Lipinski definition) is 5. The molecule has 4 N–H and O–H groups in total. The van der Waals surface area contributed by atoms with Crippen molar-refractivity contribution >= 4 is 55.4 Å². The van der Waals surface area contributed by atoms with Crippen molar-refractivity contribution in [2.24, 2.45) is 0 Å². The number of hydrogen-bond donors (Lipinski definition) is 3. The van der Waals surface area contributed by atoms with Gasteiger partial charge in [-0.25, -0.2) is 17.2 Å². The lowest BCUT2D eigenvalue weighted by molar-refractivity contribution is 0.479. The molecular weight excluding hydrogens is 575 g/mol. The van der Waals surface area contributed by atoms with Crippen molar-refractivity contribution in [3.05, 3.63) is 82.5 Å². The zero-order valence-electron chi connectivity index (χ0n) is 17.9. The van der Waals surface area contributed by atoms with E-state index in [1.54, 1.807) is 30.3 Å². The first-order valence-corrected chi connectivity index (χ1v) is 12.9. The van der Waals surface area contributed by atoms with Crippen LogP contribution in [-0.4, -0.2) is 13.2 Å². The van der Waals surface area contributed by atoms with Crippen molar-refractivity contribution in [3.63, 3.8) is 0 Å². The summed E-state index contributed by atoms with van der Waals surface area (Å²) in [6.45, 7) is 3.66. The summed E-state index contributed by atoms with van der Waals surface area (Å²) >= 11 is 1.97. The molecule has 0 spiro atoms. The van der Waals surface area contributed by atoms with Gasteiger partial charge in [0.05, 0.1) is 16.1 Å². The van der Waals surface area contributed by atoms with Crippen molar-refractivity contribution in [1.29, 1.82) is 0 Å². The van der Waals surface area contributed by atoms with E-state index in [0.717, 1.165) is 12.1 Å². The van der Waals surface area contributed by atoms with E-state index in [9.17, 15) is 17.2 Å². The second-order valence-corrected chi connectivity index (χ2v) is 11.4. The fourth-order valence-electron chi connectivity index (χ4n) is 3.53. The zero-order chi connectivity index (χ0) is 24.5. The standard InChI is InChI=1S/C24H22F2IN3O3S/c1-2-8-24(9-10-24)34(31,32)30-23-21(29-20-7-6-16(27)13-19(20)26)11-15(25)12-22(23)33-18-5-3-4-17(28)14-18/h2-7,11-14,29-30H,1,8-10,28H2. The fourth-order valence-corrected chi connectivity index (χ4v) is 5.66. The lowest BCUT2D eigenvalue weighted by Gasteiger charge is -2.22. The molecule has 0 bridgehead atoms. The van der Waals surface area contributed by atoms with Gasteiger partial charge >= 0.3 is 0 Å². The molecule has 178 valence electrons. The molecule has 4 rings (SSSR count). The van der Waals surface area contributed by atoms with Crippen LogP contribution in [0, 0.1) is 15.2 Å². The highest BCUT2D eigenvalue weighted by Crippen LogP contribution is 2.49. The Kier molecular flexibility index (Phi) is 6.72. The molecule has 10 heteroatoms. The maximum Gasteiger partial charge on any atom is 0.238 e. The summed E-state index contributed by atoms with van der Waals surface area (Å²) in [6.07, 6.45) is 2.76. The molecule has 0 aromatic heterocycles. The molecular formula is C24H22F2IN3O3S. The first-order valence-electron chi connectivity index (χ1n) is 10.3. The Morgan fingerprint density at radius 2 is 1.88 bits per heavy atom. The van der Waals surface area contributed by atoms with Crippen LogP contribution in [0.15, 0.2) is 67.3 Å². The van der Waals surface area contributed by atoms with E-state index < -0.39 is 26.4 Å². The zero-order valence-corrected chi connectivity index (χ0v) is 20.9.